The van der Waals surface area contributed by atoms with Crippen molar-refractivity contribution in [3.8, 4) is 11.3 Å². The minimum atomic E-state index is -2.79. The Balaban J connectivity index is 1.36. The molecule has 0 amide bonds. The molecule has 0 saturated heterocycles. The van der Waals surface area contributed by atoms with Gasteiger partial charge >= 0.3 is 12.5 Å². The van der Waals surface area contributed by atoms with Crippen LogP contribution in [-0.2, 0) is 16.0 Å². The summed E-state index contributed by atoms with van der Waals surface area (Å²) >= 11 is 1.42. The van der Waals surface area contributed by atoms with Crippen LogP contribution in [0.15, 0.2) is 66.2 Å². The van der Waals surface area contributed by atoms with Gasteiger partial charge in [0, 0.05) is 22.8 Å². The molecule has 5 aromatic rings. The van der Waals surface area contributed by atoms with Crippen LogP contribution < -0.4 is 0 Å². The molecule has 0 aliphatic rings. The van der Waals surface area contributed by atoms with Crippen LogP contribution in [0.25, 0.3) is 27.3 Å². The summed E-state index contributed by atoms with van der Waals surface area (Å²) in [5.74, 6) is -0.515. The molecule has 32 heavy (non-hydrogen) atoms. The van der Waals surface area contributed by atoms with Gasteiger partial charge in [0.1, 0.15) is 0 Å². The van der Waals surface area contributed by atoms with Gasteiger partial charge in [0.25, 0.3) is 0 Å². The Bertz CT molecular complexity index is 1410. The van der Waals surface area contributed by atoms with Crippen molar-refractivity contribution in [2.24, 2.45) is 0 Å². The topological polar surface area (TPSA) is 61.4 Å². The predicted octanol–water partition coefficient (Wildman–Crippen LogP) is 5.65. The fraction of sp³-hybridized carbons (Fsp3) is 0.174. The zero-order chi connectivity index (χ0) is 22.2. The van der Waals surface area contributed by atoms with Gasteiger partial charge in [-0.3, -0.25) is 13.8 Å². The summed E-state index contributed by atoms with van der Waals surface area (Å²) in [6, 6.07) is 16.4. The van der Waals surface area contributed by atoms with Crippen molar-refractivity contribution in [1.82, 2.24) is 18.9 Å². The minimum Gasteiger partial charge on any atom is -0.454 e. The monoisotopic (exact) mass is 452 g/mol. The van der Waals surface area contributed by atoms with Gasteiger partial charge in [-0.05, 0) is 19.1 Å². The van der Waals surface area contributed by atoms with Crippen LogP contribution in [0.1, 0.15) is 31.1 Å². The Morgan fingerprint density at radius 2 is 1.84 bits per heavy atom. The van der Waals surface area contributed by atoms with Gasteiger partial charge in [0.05, 0.1) is 23.1 Å². The number of hydrogen-bond donors (Lipinski definition) is 0. The SMILES string of the molecule is CC(OC(=O)Cc1csc2nc(-c3ccccc3)cn12)c1nc2ccccc2n1C(F)F. The van der Waals surface area contributed by atoms with Gasteiger partial charge in [0.15, 0.2) is 16.9 Å². The first-order valence-corrected chi connectivity index (χ1v) is 10.8. The van der Waals surface area contributed by atoms with E-state index in [1.807, 2.05) is 46.3 Å². The number of fused-ring (bicyclic) bond motifs is 2. The van der Waals surface area contributed by atoms with E-state index in [4.69, 9.17) is 4.74 Å². The van der Waals surface area contributed by atoms with Crippen molar-refractivity contribution in [2.45, 2.75) is 26.0 Å². The van der Waals surface area contributed by atoms with Crippen molar-refractivity contribution in [2.75, 3.05) is 0 Å². The number of benzene rings is 2. The van der Waals surface area contributed by atoms with Gasteiger partial charge < -0.3 is 4.74 Å². The Hall–Kier alpha value is -3.59. The highest BCUT2D eigenvalue weighted by Crippen LogP contribution is 2.29. The zero-order valence-electron chi connectivity index (χ0n) is 17.0. The molecule has 3 heterocycles. The van der Waals surface area contributed by atoms with Crippen LogP contribution in [0.3, 0.4) is 0 Å². The second-order valence-corrected chi connectivity index (χ2v) is 8.12. The first-order chi connectivity index (χ1) is 15.5. The van der Waals surface area contributed by atoms with E-state index in [0.29, 0.717) is 11.0 Å². The number of aromatic nitrogens is 4. The highest BCUT2D eigenvalue weighted by molar-refractivity contribution is 7.15. The standard InChI is InChI=1S/C23H18F2N4O2S/c1-14(21-26-17-9-5-6-10-19(17)29(21)22(24)25)31-20(30)11-16-13-32-23-27-18(12-28(16)23)15-7-3-2-4-8-15/h2-10,12-14,22H,11H2,1H3. The molecule has 162 valence electrons. The number of alkyl halides is 2. The van der Waals surface area contributed by atoms with E-state index in [2.05, 4.69) is 9.97 Å². The number of carbonyl (C=O) groups excluding carboxylic acids is 1. The number of carbonyl (C=O) groups is 1. The number of para-hydroxylation sites is 2. The van der Waals surface area contributed by atoms with Gasteiger partial charge in [-0.1, -0.05) is 42.5 Å². The van der Waals surface area contributed by atoms with E-state index in [9.17, 15) is 13.6 Å². The van der Waals surface area contributed by atoms with Gasteiger partial charge in [-0.15, -0.1) is 11.3 Å². The fourth-order valence-corrected chi connectivity index (χ4v) is 4.57. The largest absolute Gasteiger partial charge is 0.454 e. The van der Waals surface area contributed by atoms with Crippen molar-refractivity contribution >= 4 is 33.3 Å². The van der Waals surface area contributed by atoms with E-state index in [1.165, 1.54) is 11.3 Å². The summed E-state index contributed by atoms with van der Waals surface area (Å²) in [6.45, 7) is -1.25. The lowest BCUT2D eigenvalue weighted by atomic mass is 10.2. The van der Waals surface area contributed by atoms with Gasteiger partial charge in [0.2, 0.25) is 0 Å². The number of rotatable bonds is 6. The minimum absolute atomic E-state index is 0.0101. The number of esters is 1. The van der Waals surface area contributed by atoms with Crippen LogP contribution in [-0.4, -0.2) is 24.9 Å². The molecule has 0 spiro atoms. The maximum Gasteiger partial charge on any atom is 0.320 e. The second kappa shape index (κ2) is 8.16. The van der Waals surface area contributed by atoms with E-state index >= 15 is 0 Å². The van der Waals surface area contributed by atoms with Gasteiger partial charge in [-0.2, -0.15) is 8.78 Å². The molecule has 0 aliphatic heterocycles. The quantitative estimate of drug-likeness (QED) is 0.312. The molecule has 9 heteroatoms. The number of nitrogens with zero attached hydrogens (tertiary/aromatic N) is 4. The van der Waals surface area contributed by atoms with Crippen LogP contribution in [0.2, 0.25) is 0 Å². The number of hydrogen-bond acceptors (Lipinski definition) is 5. The van der Waals surface area contributed by atoms with E-state index in [1.54, 1.807) is 31.2 Å². The lowest BCUT2D eigenvalue weighted by Gasteiger charge is -2.15. The molecule has 6 nitrogen and oxygen atoms in total. The Morgan fingerprint density at radius 1 is 1.09 bits per heavy atom. The Kier molecular flexibility index (Phi) is 5.18. The third-order valence-electron chi connectivity index (χ3n) is 5.17. The van der Waals surface area contributed by atoms with E-state index in [-0.39, 0.29) is 12.2 Å². The molecule has 1 unspecified atom stereocenters. The van der Waals surface area contributed by atoms with Crippen LogP contribution in [0.5, 0.6) is 0 Å². The average Bonchev–Trinajstić information content (AvgIpc) is 3.47. The third-order valence-corrected chi connectivity index (χ3v) is 6.06. The predicted molar refractivity (Wildman–Crippen MR) is 118 cm³/mol. The van der Waals surface area contributed by atoms with Crippen molar-refractivity contribution in [3.05, 3.63) is 77.7 Å². The molecule has 0 fully saturated rings. The highest BCUT2D eigenvalue weighted by atomic mass is 32.1. The third kappa shape index (κ3) is 3.64. The molecule has 2 aromatic carbocycles. The number of thiazole rings is 1. The average molecular weight is 452 g/mol. The summed E-state index contributed by atoms with van der Waals surface area (Å²) in [5, 5.41) is 1.84. The molecule has 5 rings (SSSR count). The summed E-state index contributed by atoms with van der Waals surface area (Å²) in [4.78, 5) is 22.3. The summed E-state index contributed by atoms with van der Waals surface area (Å²) in [6.07, 6.45) is 0.938. The smallest absolute Gasteiger partial charge is 0.320 e. The number of ether oxygens (including phenoxy) is 1. The summed E-state index contributed by atoms with van der Waals surface area (Å²) in [5.41, 5.74) is 3.24. The van der Waals surface area contributed by atoms with Crippen molar-refractivity contribution in [1.29, 1.82) is 0 Å². The normalized spacial score (nSPS) is 12.6. The van der Waals surface area contributed by atoms with Crippen molar-refractivity contribution in [3.63, 3.8) is 0 Å². The molecule has 0 bridgehead atoms. The van der Waals surface area contributed by atoms with Crippen LogP contribution >= 0.6 is 11.3 Å². The van der Waals surface area contributed by atoms with Crippen LogP contribution in [0, 0.1) is 0 Å². The first-order valence-electron chi connectivity index (χ1n) is 9.96. The molecule has 0 N–H and O–H groups in total. The lowest BCUT2D eigenvalue weighted by molar-refractivity contribution is -0.148. The number of imidazole rings is 2. The maximum absolute atomic E-state index is 13.7. The first kappa shape index (κ1) is 20.3. The van der Waals surface area contributed by atoms with E-state index < -0.39 is 18.6 Å². The highest BCUT2D eigenvalue weighted by Gasteiger charge is 2.24. The Morgan fingerprint density at radius 3 is 2.62 bits per heavy atom. The molecule has 0 saturated carbocycles. The lowest BCUT2D eigenvalue weighted by Crippen LogP contribution is -2.16. The molecule has 0 aliphatic carbocycles. The number of halogens is 2. The zero-order valence-corrected chi connectivity index (χ0v) is 17.8. The van der Waals surface area contributed by atoms with E-state index in [0.717, 1.165) is 26.5 Å². The second-order valence-electron chi connectivity index (χ2n) is 7.29. The Labute approximate surface area is 185 Å². The summed E-state index contributed by atoms with van der Waals surface area (Å²) < 4.78 is 35.5. The molecule has 3 aromatic heterocycles. The molecule has 0 radical (unpaired) electrons. The molecular weight excluding hydrogens is 434 g/mol. The molecule has 1 atom stereocenters. The molecular formula is C23H18F2N4O2S. The summed E-state index contributed by atoms with van der Waals surface area (Å²) in [7, 11) is 0. The fourth-order valence-electron chi connectivity index (χ4n) is 3.70. The van der Waals surface area contributed by atoms with Crippen molar-refractivity contribution < 1.29 is 18.3 Å². The van der Waals surface area contributed by atoms with Gasteiger partial charge in [-0.25, -0.2) is 9.97 Å². The maximum atomic E-state index is 13.7. The van der Waals surface area contributed by atoms with Crippen LogP contribution in [0.4, 0.5) is 8.78 Å².